The lowest BCUT2D eigenvalue weighted by atomic mass is 9.88. The van der Waals surface area contributed by atoms with Crippen molar-refractivity contribution in [2.75, 3.05) is 11.9 Å². The third kappa shape index (κ3) is 6.90. The number of ether oxygens (including phenoxy) is 1. The number of non-ortho nitro benzene ring substituents is 1. The van der Waals surface area contributed by atoms with Gasteiger partial charge in [0.1, 0.15) is 24.3 Å². The van der Waals surface area contributed by atoms with Crippen molar-refractivity contribution < 1.29 is 33.1 Å². The van der Waals surface area contributed by atoms with Crippen LogP contribution in [0.3, 0.4) is 0 Å². The first-order chi connectivity index (χ1) is 21.2. The van der Waals surface area contributed by atoms with Gasteiger partial charge in [0.25, 0.3) is 5.69 Å². The lowest BCUT2D eigenvalue weighted by Crippen LogP contribution is -2.38. The maximum absolute atomic E-state index is 14.0. The number of benzene rings is 4. The first kappa shape index (κ1) is 30.3. The van der Waals surface area contributed by atoms with Gasteiger partial charge in [-0.05, 0) is 65.9 Å². The van der Waals surface area contributed by atoms with E-state index in [1.54, 1.807) is 24.3 Å². The summed E-state index contributed by atoms with van der Waals surface area (Å²) in [7, 11) is 0. The average Bonchev–Trinajstić information content (AvgIpc) is 3.43. The number of hydrogen-bond acceptors (Lipinski definition) is 7. The van der Waals surface area contributed by atoms with E-state index in [1.165, 1.54) is 72.8 Å². The predicted octanol–water partition coefficient (Wildman–Crippen LogP) is 6.67. The summed E-state index contributed by atoms with van der Waals surface area (Å²) in [6.45, 7) is -0.0167. The van der Waals surface area contributed by atoms with E-state index in [2.05, 4.69) is 5.32 Å². The van der Waals surface area contributed by atoms with Crippen LogP contribution in [0, 0.1) is 21.7 Å². The average molecular weight is 602 g/mol. The van der Waals surface area contributed by atoms with Crippen molar-refractivity contribution in [2.45, 2.75) is 36.9 Å². The molecule has 1 aliphatic rings. The second-order valence-corrected chi connectivity index (χ2v) is 10.4. The largest absolute Gasteiger partial charge is 0.446 e. The molecule has 11 heteroatoms. The first-order valence-electron chi connectivity index (χ1n) is 14.0. The van der Waals surface area contributed by atoms with Gasteiger partial charge in [-0.3, -0.25) is 14.9 Å². The Morgan fingerprint density at radius 2 is 1.50 bits per heavy atom. The fraction of sp³-hybridized carbons (Fsp3) is 0.212. The molecule has 1 fully saturated rings. The Morgan fingerprint density at radius 1 is 0.909 bits per heavy atom. The molecule has 5 rings (SSSR count). The number of nitro groups is 1. The summed E-state index contributed by atoms with van der Waals surface area (Å²) in [4.78, 5) is 38.6. The highest BCUT2D eigenvalue weighted by molar-refractivity contribution is 5.97. The zero-order chi connectivity index (χ0) is 31.2. The molecular formula is C33H29F2N3O6. The molecule has 4 aromatic rings. The molecule has 0 spiro atoms. The molecule has 0 aliphatic carbocycles. The smallest absolute Gasteiger partial charge is 0.417 e. The van der Waals surface area contributed by atoms with Crippen molar-refractivity contribution in [3.05, 3.63) is 142 Å². The summed E-state index contributed by atoms with van der Waals surface area (Å²) in [5.74, 6) is -2.44. The van der Waals surface area contributed by atoms with E-state index in [4.69, 9.17) is 4.74 Å². The summed E-state index contributed by atoms with van der Waals surface area (Å²) in [6, 6.07) is 24.0. The number of aliphatic hydroxyl groups excluding tert-OH is 1. The van der Waals surface area contributed by atoms with Crippen molar-refractivity contribution in [1.29, 1.82) is 0 Å². The van der Waals surface area contributed by atoms with Crippen molar-refractivity contribution in [3.8, 4) is 0 Å². The molecule has 0 radical (unpaired) electrons. The predicted molar refractivity (Wildman–Crippen MR) is 158 cm³/mol. The second-order valence-electron chi connectivity index (χ2n) is 10.4. The van der Waals surface area contributed by atoms with E-state index < -0.39 is 52.7 Å². The minimum absolute atomic E-state index is 0.0167. The van der Waals surface area contributed by atoms with Crippen LogP contribution in [0.25, 0.3) is 0 Å². The van der Waals surface area contributed by atoms with Crippen LogP contribution in [0.4, 0.5) is 25.0 Å². The number of carbonyl (C=O) groups excluding carboxylic acids is 2. The van der Waals surface area contributed by atoms with Gasteiger partial charge in [-0.1, -0.05) is 54.6 Å². The second kappa shape index (κ2) is 13.4. The van der Waals surface area contributed by atoms with Gasteiger partial charge < -0.3 is 15.2 Å². The molecule has 0 bridgehead atoms. The lowest BCUT2D eigenvalue weighted by molar-refractivity contribution is -0.384. The molecule has 1 aliphatic heterocycles. The molecule has 2 amide bonds. The van der Waals surface area contributed by atoms with Crippen LogP contribution < -0.4 is 5.32 Å². The third-order valence-corrected chi connectivity index (χ3v) is 7.63. The van der Waals surface area contributed by atoms with Crippen LogP contribution in [0.1, 0.15) is 47.5 Å². The van der Waals surface area contributed by atoms with E-state index in [0.29, 0.717) is 22.4 Å². The number of nitrogens with one attached hydrogen (secondary N) is 1. The summed E-state index contributed by atoms with van der Waals surface area (Å²) in [5.41, 5.74) is 2.05. The van der Waals surface area contributed by atoms with E-state index in [0.717, 1.165) is 4.90 Å². The molecule has 0 aromatic heterocycles. The highest BCUT2D eigenvalue weighted by Gasteiger charge is 2.42. The zero-order valence-corrected chi connectivity index (χ0v) is 23.4. The van der Waals surface area contributed by atoms with Gasteiger partial charge >= 0.3 is 6.09 Å². The van der Waals surface area contributed by atoms with Gasteiger partial charge in [-0.2, -0.15) is 0 Å². The van der Waals surface area contributed by atoms with Crippen LogP contribution in [0.5, 0.6) is 0 Å². The van der Waals surface area contributed by atoms with Crippen molar-refractivity contribution in [2.24, 2.45) is 0 Å². The standard InChI is InChI=1S/C33H29F2N3O6/c34-24-10-6-21(7-11-24)28(32(40)37-29(20-44-33(37)41)22-4-2-1-3-5-22)18-19-30(39)31(36-26-14-12-25(35)13-15-26)23-8-16-27(17-9-23)38(42)43/h1-17,28-31,36,39H,18-20H2/t28-,29-,30+,31+/m1/s1. The molecule has 9 nitrogen and oxygen atoms in total. The molecule has 1 heterocycles. The Labute approximate surface area is 251 Å². The normalized spacial score (nSPS) is 16.6. The van der Waals surface area contributed by atoms with E-state index >= 15 is 0 Å². The Morgan fingerprint density at radius 3 is 2.11 bits per heavy atom. The van der Waals surface area contributed by atoms with Crippen LogP contribution >= 0.6 is 0 Å². The SMILES string of the molecule is O=C1OC[C@H](c2ccccc2)N1C(=O)[C@H](CC[C@H](O)[C@@H](Nc1ccc(F)cc1)c1ccc([N+](=O)[O-])cc1)c1ccc(F)cc1. The summed E-state index contributed by atoms with van der Waals surface area (Å²) < 4.78 is 32.6. The highest BCUT2D eigenvalue weighted by atomic mass is 19.1. The molecule has 1 saturated heterocycles. The molecule has 44 heavy (non-hydrogen) atoms. The van der Waals surface area contributed by atoms with Crippen LogP contribution in [-0.4, -0.2) is 39.6 Å². The van der Waals surface area contributed by atoms with Gasteiger partial charge in [-0.15, -0.1) is 0 Å². The number of hydrogen-bond donors (Lipinski definition) is 2. The van der Waals surface area contributed by atoms with Crippen molar-refractivity contribution >= 4 is 23.4 Å². The molecule has 4 aromatic carbocycles. The lowest BCUT2D eigenvalue weighted by Gasteiger charge is -2.29. The maximum Gasteiger partial charge on any atom is 0.417 e. The minimum Gasteiger partial charge on any atom is -0.446 e. The molecule has 4 atom stereocenters. The molecule has 226 valence electrons. The number of cyclic esters (lactones) is 1. The van der Waals surface area contributed by atoms with Gasteiger partial charge in [0.15, 0.2) is 0 Å². The van der Waals surface area contributed by atoms with Crippen LogP contribution in [0.15, 0.2) is 103 Å². The highest BCUT2D eigenvalue weighted by Crippen LogP contribution is 2.35. The Hall–Kier alpha value is -5.16. The molecule has 0 unspecified atom stereocenters. The van der Waals surface area contributed by atoms with E-state index in [-0.39, 0.29) is 25.1 Å². The zero-order valence-electron chi connectivity index (χ0n) is 23.4. The number of amides is 2. The van der Waals surface area contributed by atoms with Gasteiger partial charge in [0.05, 0.1) is 23.0 Å². The third-order valence-electron chi connectivity index (χ3n) is 7.63. The topological polar surface area (TPSA) is 122 Å². The van der Waals surface area contributed by atoms with Crippen LogP contribution in [0.2, 0.25) is 0 Å². The van der Waals surface area contributed by atoms with Gasteiger partial charge in [0.2, 0.25) is 5.91 Å². The fourth-order valence-corrected chi connectivity index (χ4v) is 5.32. The van der Waals surface area contributed by atoms with Gasteiger partial charge in [0, 0.05) is 17.8 Å². The Balaban J connectivity index is 1.42. The quantitative estimate of drug-likeness (QED) is 0.145. The minimum atomic E-state index is -1.15. The number of carbonyl (C=O) groups is 2. The summed E-state index contributed by atoms with van der Waals surface area (Å²) in [6.07, 6.45) is -1.85. The van der Waals surface area contributed by atoms with Gasteiger partial charge in [-0.25, -0.2) is 18.5 Å². The Kier molecular flexibility index (Phi) is 9.25. The van der Waals surface area contributed by atoms with E-state index in [1.807, 2.05) is 6.07 Å². The Bertz CT molecular complexity index is 1600. The number of nitrogens with zero attached hydrogens (tertiary/aromatic N) is 2. The summed E-state index contributed by atoms with van der Waals surface area (Å²) in [5, 5.41) is 25.8. The van der Waals surface area contributed by atoms with E-state index in [9.17, 15) is 33.6 Å². The first-order valence-corrected chi connectivity index (χ1v) is 14.0. The van der Waals surface area contributed by atoms with Crippen molar-refractivity contribution in [1.82, 2.24) is 4.90 Å². The number of anilines is 1. The van der Waals surface area contributed by atoms with Crippen LogP contribution in [-0.2, 0) is 9.53 Å². The molecule has 2 N–H and O–H groups in total. The number of nitro benzene ring substituents is 1. The number of rotatable bonds is 11. The molecular weight excluding hydrogens is 572 g/mol. The van der Waals surface area contributed by atoms with Crippen molar-refractivity contribution in [3.63, 3.8) is 0 Å². The monoisotopic (exact) mass is 601 g/mol. The number of halogens is 2. The molecule has 0 saturated carbocycles. The fourth-order valence-electron chi connectivity index (χ4n) is 5.32. The number of imide groups is 1. The number of aliphatic hydroxyl groups is 1. The maximum atomic E-state index is 14.0. The summed E-state index contributed by atoms with van der Waals surface area (Å²) >= 11 is 0.